The first-order valence-corrected chi connectivity index (χ1v) is 5.50. The molecule has 0 bridgehead atoms. The van der Waals surface area contributed by atoms with Crippen LogP contribution >= 0.6 is 0 Å². The Hall–Kier alpha value is -2.07. The maximum Gasteiger partial charge on any atom is 0.336 e. The molecular weight excluding hydrogens is 230 g/mol. The van der Waals surface area contributed by atoms with Gasteiger partial charge in [0.1, 0.15) is 16.9 Å². The predicted molar refractivity (Wildman–Crippen MR) is 71.5 cm³/mol. The van der Waals surface area contributed by atoms with Crippen LogP contribution in [0.4, 0.5) is 0 Å². The van der Waals surface area contributed by atoms with Gasteiger partial charge in [-0.25, -0.2) is 4.79 Å². The van der Waals surface area contributed by atoms with Crippen molar-refractivity contribution in [2.45, 2.75) is 20.8 Å². The van der Waals surface area contributed by atoms with Gasteiger partial charge < -0.3 is 15.0 Å². The minimum Gasteiger partial charge on any atom is -0.461 e. The third-order valence-electron chi connectivity index (χ3n) is 3.07. The fourth-order valence-electron chi connectivity index (χ4n) is 2.27. The molecule has 0 aliphatic carbocycles. The molecule has 18 heavy (non-hydrogen) atoms. The molecule has 1 aromatic carbocycles. The van der Waals surface area contributed by atoms with Gasteiger partial charge >= 0.3 is 5.63 Å². The number of benzene rings is 1. The lowest BCUT2D eigenvalue weighted by Crippen LogP contribution is -1.98. The highest BCUT2D eigenvalue weighted by Gasteiger charge is 2.12. The van der Waals surface area contributed by atoms with E-state index in [1.54, 1.807) is 0 Å². The maximum absolute atomic E-state index is 11.4. The molecule has 3 N–H and O–H groups in total. The normalized spacial score (nSPS) is 10.8. The summed E-state index contributed by atoms with van der Waals surface area (Å²) in [6.45, 7) is 5.74. The summed E-state index contributed by atoms with van der Waals surface area (Å²) in [5.41, 5.74) is 2.91. The van der Waals surface area contributed by atoms with E-state index in [2.05, 4.69) is 0 Å². The zero-order valence-corrected chi connectivity index (χ0v) is 10.7. The smallest absolute Gasteiger partial charge is 0.336 e. The Labute approximate surface area is 104 Å². The van der Waals surface area contributed by atoms with Gasteiger partial charge in [-0.3, -0.25) is 0 Å². The zero-order chi connectivity index (χ0) is 12.2. The molecule has 2 heterocycles. The second kappa shape index (κ2) is 3.99. The fraction of sp³-hybridized carbons (Fsp3) is 0.214. The molecular formula is C14H15NO3. The number of hydrogen-bond donors (Lipinski definition) is 1. The lowest BCUT2D eigenvalue weighted by Gasteiger charge is -2.03. The Morgan fingerprint density at radius 3 is 2.39 bits per heavy atom. The summed E-state index contributed by atoms with van der Waals surface area (Å²) in [5, 5.41) is 2.01. The lowest BCUT2D eigenvalue weighted by molar-refractivity contribution is 0.551. The average molecular weight is 245 g/mol. The van der Waals surface area contributed by atoms with Crippen molar-refractivity contribution in [3.05, 3.63) is 45.5 Å². The number of hydrogen-bond acceptors (Lipinski definition) is 4. The van der Waals surface area contributed by atoms with Crippen molar-refractivity contribution in [3.63, 3.8) is 0 Å². The highest BCUT2D eigenvalue weighted by Crippen LogP contribution is 2.30. The Morgan fingerprint density at radius 2 is 1.67 bits per heavy atom. The van der Waals surface area contributed by atoms with Crippen LogP contribution in [0.1, 0.15) is 16.9 Å². The molecule has 0 atom stereocenters. The number of rotatable bonds is 0. The first kappa shape index (κ1) is 12.4. The fourth-order valence-corrected chi connectivity index (χ4v) is 2.27. The van der Waals surface area contributed by atoms with Crippen molar-refractivity contribution in [1.29, 1.82) is 0 Å². The van der Waals surface area contributed by atoms with E-state index >= 15 is 0 Å². The highest BCUT2D eigenvalue weighted by atomic mass is 16.4. The van der Waals surface area contributed by atoms with Gasteiger partial charge in [0.15, 0.2) is 0 Å². The molecule has 0 fully saturated rings. The minimum absolute atomic E-state index is 0. The Morgan fingerprint density at radius 1 is 0.944 bits per heavy atom. The van der Waals surface area contributed by atoms with Crippen LogP contribution in [-0.2, 0) is 0 Å². The number of furan rings is 1. The lowest BCUT2D eigenvalue weighted by atomic mass is 10.1. The van der Waals surface area contributed by atoms with E-state index in [-0.39, 0.29) is 11.8 Å². The Kier molecular flexibility index (Phi) is 2.75. The molecule has 3 aromatic rings. The SMILES string of the molecule is Cc1cc2cc3c(C)cc(=O)oc3c(C)c2o1.N. The van der Waals surface area contributed by atoms with Crippen LogP contribution < -0.4 is 11.8 Å². The largest absolute Gasteiger partial charge is 0.461 e. The molecule has 0 aliphatic heterocycles. The molecule has 0 saturated carbocycles. The standard InChI is InChI=1S/C14H12O3.H3N/c1-7-4-12(15)17-14-9(3)13-10(6-11(7)14)5-8(2)16-13;/h4-6H,1-3H3;1H3. The van der Waals surface area contributed by atoms with Gasteiger partial charge in [-0.15, -0.1) is 0 Å². The van der Waals surface area contributed by atoms with E-state index in [9.17, 15) is 4.79 Å². The van der Waals surface area contributed by atoms with Gasteiger partial charge in [0.05, 0.1) is 0 Å². The molecule has 0 spiro atoms. The molecule has 0 amide bonds. The van der Waals surface area contributed by atoms with Crippen molar-refractivity contribution in [2.75, 3.05) is 0 Å². The second-order valence-electron chi connectivity index (χ2n) is 4.40. The molecule has 4 nitrogen and oxygen atoms in total. The van der Waals surface area contributed by atoms with Crippen LogP contribution in [0, 0.1) is 20.8 Å². The van der Waals surface area contributed by atoms with Crippen LogP contribution in [-0.4, -0.2) is 0 Å². The van der Waals surface area contributed by atoms with E-state index in [0.717, 1.165) is 33.2 Å². The zero-order valence-electron chi connectivity index (χ0n) is 10.7. The third-order valence-corrected chi connectivity index (χ3v) is 3.07. The molecule has 4 heteroatoms. The quantitative estimate of drug-likeness (QED) is 0.613. The predicted octanol–water partition coefficient (Wildman–Crippen LogP) is 3.63. The first-order valence-electron chi connectivity index (χ1n) is 5.50. The van der Waals surface area contributed by atoms with Crippen molar-refractivity contribution < 1.29 is 8.83 Å². The van der Waals surface area contributed by atoms with Crippen molar-refractivity contribution in [3.8, 4) is 0 Å². The van der Waals surface area contributed by atoms with Crippen molar-refractivity contribution in [2.24, 2.45) is 0 Å². The summed E-state index contributed by atoms with van der Waals surface area (Å²) in [5.74, 6) is 0.860. The van der Waals surface area contributed by atoms with Gasteiger partial charge in [0, 0.05) is 22.4 Å². The topological polar surface area (TPSA) is 78.3 Å². The van der Waals surface area contributed by atoms with Crippen molar-refractivity contribution in [1.82, 2.24) is 6.15 Å². The first-order chi connectivity index (χ1) is 8.06. The van der Waals surface area contributed by atoms with Gasteiger partial charge in [0.25, 0.3) is 0 Å². The van der Waals surface area contributed by atoms with E-state index in [4.69, 9.17) is 8.83 Å². The Bertz CT molecular complexity index is 796. The van der Waals surface area contributed by atoms with Crippen LogP contribution in [0.25, 0.3) is 21.9 Å². The second-order valence-corrected chi connectivity index (χ2v) is 4.40. The molecule has 0 saturated heterocycles. The molecule has 0 aliphatic rings. The monoisotopic (exact) mass is 245 g/mol. The maximum atomic E-state index is 11.4. The highest BCUT2D eigenvalue weighted by molar-refractivity contribution is 5.98. The third kappa shape index (κ3) is 1.62. The molecule has 0 unspecified atom stereocenters. The summed E-state index contributed by atoms with van der Waals surface area (Å²) >= 11 is 0. The van der Waals surface area contributed by atoms with Gasteiger partial charge in [-0.1, -0.05) is 0 Å². The molecule has 2 aromatic heterocycles. The van der Waals surface area contributed by atoms with Gasteiger partial charge in [-0.2, -0.15) is 0 Å². The average Bonchev–Trinajstić information content (AvgIpc) is 2.62. The van der Waals surface area contributed by atoms with E-state index < -0.39 is 0 Å². The number of aryl methyl sites for hydroxylation is 3. The summed E-state index contributed by atoms with van der Waals surface area (Å²) in [4.78, 5) is 11.4. The van der Waals surface area contributed by atoms with Gasteiger partial charge in [-0.05, 0) is 38.5 Å². The Balaban J connectivity index is 0.00000120. The van der Waals surface area contributed by atoms with Gasteiger partial charge in [0.2, 0.25) is 0 Å². The van der Waals surface area contributed by atoms with Crippen molar-refractivity contribution >= 4 is 21.9 Å². The molecule has 0 radical (unpaired) electrons. The van der Waals surface area contributed by atoms with Crippen LogP contribution in [0.2, 0.25) is 0 Å². The van der Waals surface area contributed by atoms with E-state index in [0.29, 0.717) is 5.58 Å². The summed E-state index contributed by atoms with van der Waals surface area (Å²) in [6.07, 6.45) is 0. The van der Waals surface area contributed by atoms with E-state index in [1.165, 1.54) is 6.07 Å². The summed E-state index contributed by atoms with van der Waals surface area (Å²) in [7, 11) is 0. The van der Waals surface area contributed by atoms with Crippen LogP contribution in [0.15, 0.2) is 31.8 Å². The number of fused-ring (bicyclic) bond motifs is 2. The van der Waals surface area contributed by atoms with E-state index in [1.807, 2.05) is 32.9 Å². The van der Waals surface area contributed by atoms with Crippen LogP contribution in [0.3, 0.4) is 0 Å². The minimum atomic E-state index is -0.319. The summed E-state index contributed by atoms with van der Waals surface area (Å²) < 4.78 is 10.9. The van der Waals surface area contributed by atoms with Crippen LogP contribution in [0.5, 0.6) is 0 Å². The summed E-state index contributed by atoms with van der Waals surface area (Å²) in [6, 6.07) is 5.51. The molecule has 3 rings (SSSR count). The molecule has 94 valence electrons.